The first-order chi connectivity index (χ1) is 11.6. The standard InChI is InChI=1S/C18H41BNO2PS/c1-2-3-4-5-6-7-8-9-10-11-12-13-14-15-16-17-18-20-22-23(19,21)24/h20H,2-19H2,1H3,(H,21,24). The molecule has 0 spiro atoms. The molecule has 144 valence electrons. The number of hydrogen-bond acceptors (Lipinski definition) is 3. The second kappa shape index (κ2) is 18.4. The van der Waals surface area contributed by atoms with Crippen LogP contribution in [0, 0.1) is 0 Å². The molecule has 0 aromatic heterocycles. The van der Waals surface area contributed by atoms with E-state index in [4.69, 9.17) is 16.4 Å². The van der Waals surface area contributed by atoms with Crippen molar-refractivity contribution in [3.05, 3.63) is 0 Å². The molecule has 0 rings (SSSR count). The number of rotatable bonds is 19. The molecule has 0 saturated heterocycles. The first-order valence-corrected chi connectivity index (χ1v) is 13.4. The Kier molecular flexibility index (Phi) is 18.8. The van der Waals surface area contributed by atoms with Crippen molar-refractivity contribution in [2.45, 2.75) is 110 Å². The molecule has 0 amide bonds. The largest absolute Gasteiger partial charge is 0.352 e. The number of unbranched alkanes of at least 4 members (excludes halogenated alkanes) is 15. The fraction of sp³-hybridized carbons (Fsp3) is 1.00. The molecular formula is C18H41BNO2PS. The summed E-state index contributed by atoms with van der Waals surface area (Å²) in [6.45, 7) is 3.06. The minimum absolute atomic E-state index is 0.783. The van der Waals surface area contributed by atoms with E-state index in [1.165, 1.54) is 96.3 Å². The van der Waals surface area contributed by atoms with Crippen molar-refractivity contribution in [3.63, 3.8) is 0 Å². The third kappa shape index (κ3) is 22.6. The monoisotopic (exact) mass is 377 g/mol. The van der Waals surface area contributed by atoms with Crippen molar-refractivity contribution >= 4 is 25.7 Å². The van der Waals surface area contributed by atoms with Crippen LogP contribution in [0.5, 0.6) is 0 Å². The van der Waals surface area contributed by atoms with Crippen LogP contribution >= 0.6 is 6.37 Å². The second-order valence-corrected chi connectivity index (χ2v) is 10.9. The molecule has 6 heteroatoms. The molecule has 1 atom stereocenters. The molecule has 0 heterocycles. The van der Waals surface area contributed by atoms with Crippen molar-refractivity contribution in [3.8, 4) is 0 Å². The lowest BCUT2D eigenvalue weighted by Crippen LogP contribution is -2.14. The van der Waals surface area contributed by atoms with E-state index in [1.807, 2.05) is 0 Å². The van der Waals surface area contributed by atoms with E-state index in [1.54, 1.807) is 7.57 Å². The maximum Gasteiger partial charge on any atom is 0.216 e. The molecule has 3 nitrogen and oxygen atoms in total. The van der Waals surface area contributed by atoms with Crippen LogP contribution in [0.3, 0.4) is 0 Å². The molecule has 0 aliphatic heterocycles. The fourth-order valence-electron chi connectivity index (χ4n) is 2.91. The Bertz CT molecular complexity index is 303. The zero-order valence-electron chi connectivity index (χ0n) is 16.2. The van der Waals surface area contributed by atoms with Gasteiger partial charge in [-0.05, 0) is 18.2 Å². The van der Waals surface area contributed by atoms with Crippen LogP contribution in [0.15, 0.2) is 0 Å². The van der Waals surface area contributed by atoms with Gasteiger partial charge < -0.3 is 4.89 Å². The van der Waals surface area contributed by atoms with Gasteiger partial charge in [0.05, 0.1) is 0 Å². The maximum atomic E-state index is 9.29. The SMILES string of the molecule is BP(O)(=S)ONCCCCCCCCCCCCCCCCCC. The molecule has 0 aliphatic carbocycles. The van der Waals surface area contributed by atoms with E-state index >= 15 is 0 Å². The highest BCUT2D eigenvalue weighted by Crippen LogP contribution is 2.33. The smallest absolute Gasteiger partial charge is 0.216 e. The van der Waals surface area contributed by atoms with Crippen LogP contribution < -0.4 is 5.48 Å². The summed E-state index contributed by atoms with van der Waals surface area (Å²) in [7, 11) is 1.56. The molecule has 0 aromatic carbocycles. The van der Waals surface area contributed by atoms with Crippen LogP contribution in [0.4, 0.5) is 0 Å². The highest BCUT2D eigenvalue weighted by Gasteiger charge is 2.02. The topological polar surface area (TPSA) is 41.5 Å². The lowest BCUT2D eigenvalue weighted by Gasteiger charge is -2.10. The van der Waals surface area contributed by atoms with Crippen molar-refractivity contribution in [1.29, 1.82) is 0 Å². The Hall–Kier alpha value is 0.595. The number of hydrogen-bond donors (Lipinski definition) is 2. The summed E-state index contributed by atoms with van der Waals surface area (Å²) in [5.41, 5.74) is 2.77. The van der Waals surface area contributed by atoms with E-state index in [2.05, 4.69) is 12.4 Å². The van der Waals surface area contributed by atoms with Gasteiger partial charge in [0, 0.05) is 6.54 Å². The average molecular weight is 377 g/mol. The minimum Gasteiger partial charge on any atom is -0.352 e. The van der Waals surface area contributed by atoms with E-state index in [9.17, 15) is 4.89 Å². The number of nitrogens with one attached hydrogen (secondary N) is 1. The molecule has 0 aliphatic rings. The lowest BCUT2D eigenvalue weighted by atomic mass is 10.0. The van der Waals surface area contributed by atoms with Crippen LogP contribution in [-0.2, 0) is 16.4 Å². The quantitative estimate of drug-likeness (QED) is 0.133. The van der Waals surface area contributed by atoms with Crippen LogP contribution in [0.25, 0.3) is 0 Å². The first-order valence-electron chi connectivity index (χ1n) is 10.3. The van der Waals surface area contributed by atoms with Gasteiger partial charge >= 0.3 is 0 Å². The van der Waals surface area contributed by atoms with Crippen molar-refractivity contribution in [1.82, 2.24) is 5.48 Å². The Morgan fingerprint density at radius 2 is 1.08 bits per heavy atom. The third-order valence-corrected chi connectivity index (χ3v) is 5.06. The van der Waals surface area contributed by atoms with Gasteiger partial charge in [-0.2, -0.15) is 5.48 Å². The van der Waals surface area contributed by atoms with Crippen molar-refractivity contribution < 1.29 is 9.52 Å². The Morgan fingerprint density at radius 3 is 1.42 bits per heavy atom. The average Bonchev–Trinajstić information content (AvgIpc) is 2.52. The summed E-state index contributed by atoms with van der Waals surface area (Å²) in [6, 6.07) is 0. The van der Waals surface area contributed by atoms with E-state index in [0.717, 1.165) is 13.0 Å². The molecule has 0 aromatic rings. The molecule has 0 fully saturated rings. The molecular weight excluding hydrogens is 336 g/mol. The van der Waals surface area contributed by atoms with Gasteiger partial charge in [-0.3, -0.25) is 4.62 Å². The van der Waals surface area contributed by atoms with Crippen LogP contribution in [0.1, 0.15) is 110 Å². The Morgan fingerprint density at radius 1 is 0.750 bits per heavy atom. The zero-order chi connectivity index (χ0) is 17.9. The maximum absolute atomic E-state index is 9.29. The molecule has 0 saturated carbocycles. The van der Waals surface area contributed by atoms with Gasteiger partial charge in [0.2, 0.25) is 7.57 Å². The Balaban J connectivity index is 3.02. The predicted octanol–water partition coefficient (Wildman–Crippen LogP) is 5.62. The predicted molar refractivity (Wildman–Crippen MR) is 114 cm³/mol. The van der Waals surface area contributed by atoms with E-state index in [-0.39, 0.29) is 0 Å². The van der Waals surface area contributed by atoms with Crippen molar-refractivity contribution in [2.24, 2.45) is 0 Å². The lowest BCUT2D eigenvalue weighted by molar-refractivity contribution is 0.199. The third-order valence-electron chi connectivity index (χ3n) is 4.37. The highest BCUT2D eigenvalue weighted by atomic mass is 32.4. The normalized spacial score (nSPS) is 13.9. The van der Waals surface area contributed by atoms with Crippen LogP contribution in [-0.4, -0.2) is 19.0 Å². The zero-order valence-corrected chi connectivity index (χ0v) is 17.9. The van der Waals surface area contributed by atoms with Gasteiger partial charge in [-0.15, -0.1) is 0 Å². The summed E-state index contributed by atoms with van der Waals surface area (Å²) in [6.07, 6.45) is 19.5. The van der Waals surface area contributed by atoms with Gasteiger partial charge in [0.25, 0.3) is 0 Å². The van der Waals surface area contributed by atoms with Gasteiger partial charge in [-0.25, -0.2) is 0 Å². The van der Waals surface area contributed by atoms with Gasteiger partial charge in [0.15, 0.2) is 6.37 Å². The molecule has 1 unspecified atom stereocenters. The molecule has 2 N–H and O–H groups in total. The summed E-state index contributed by atoms with van der Waals surface area (Å²) in [4.78, 5) is 9.29. The summed E-state index contributed by atoms with van der Waals surface area (Å²) >= 11 is 4.78. The Labute approximate surface area is 157 Å². The molecule has 0 bridgehead atoms. The minimum atomic E-state index is -2.53. The van der Waals surface area contributed by atoms with Crippen molar-refractivity contribution in [2.75, 3.05) is 6.54 Å². The van der Waals surface area contributed by atoms with Gasteiger partial charge in [-0.1, -0.05) is 103 Å². The fourth-order valence-corrected chi connectivity index (χ4v) is 3.40. The van der Waals surface area contributed by atoms with E-state index < -0.39 is 6.37 Å². The van der Waals surface area contributed by atoms with E-state index in [0.29, 0.717) is 0 Å². The highest BCUT2D eigenvalue weighted by molar-refractivity contribution is 8.20. The number of hydroxylamine groups is 1. The second-order valence-electron chi connectivity index (χ2n) is 7.09. The summed E-state index contributed by atoms with van der Waals surface area (Å²) in [5.74, 6) is 0. The summed E-state index contributed by atoms with van der Waals surface area (Å²) in [5, 5.41) is 0. The van der Waals surface area contributed by atoms with Crippen LogP contribution in [0.2, 0.25) is 0 Å². The summed E-state index contributed by atoms with van der Waals surface area (Å²) < 4.78 is 4.99. The first kappa shape index (κ1) is 24.6. The molecule has 0 radical (unpaired) electrons. The van der Waals surface area contributed by atoms with Gasteiger partial charge in [0.1, 0.15) is 0 Å². The molecule has 24 heavy (non-hydrogen) atoms.